The molecule has 1 aromatic rings. The molecule has 2 aliphatic rings. The molecule has 1 N–H and O–H groups in total. The van der Waals surface area contributed by atoms with Gasteiger partial charge in [-0.2, -0.15) is 0 Å². The van der Waals surface area contributed by atoms with Crippen molar-refractivity contribution in [1.29, 1.82) is 0 Å². The fraction of sp³-hybridized carbons (Fsp3) is 0.524. The van der Waals surface area contributed by atoms with E-state index < -0.39 is 63.0 Å². The summed E-state index contributed by atoms with van der Waals surface area (Å²) in [6, 6.07) is 5.87. The average Bonchev–Trinajstić information content (AvgIpc) is 2.94. The number of benzene rings is 1. The molecule has 186 valence electrons. The van der Waals surface area contributed by atoms with Gasteiger partial charge >= 0.3 is 18.2 Å². The van der Waals surface area contributed by atoms with Crippen LogP contribution in [0.3, 0.4) is 0 Å². The summed E-state index contributed by atoms with van der Waals surface area (Å²) in [6.07, 6.45) is -1.46. The van der Waals surface area contributed by atoms with Crippen molar-refractivity contribution in [3.05, 3.63) is 35.9 Å². The van der Waals surface area contributed by atoms with Crippen molar-refractivity contribution in [3.63, 3.8) is 0 Å². The van der Waals surface area contributed by atoms with Crippen LogP contribution in [0.15, 0.2) is 30.3 Å². The SMILES string of the molecule is CCCOC(=O)OCOC(=O)[C@@H]1N2C(=O)[C@@H](NC(=O)OCc3ccccc3)[C@H]2S(=O)(=O)C1(C)C. The first-order valence-corrected chi connectivity index (χ1v) is 12.1. The van der Waals surface area contributed by atoms with E-state index >= 15 is 0 Å². The van der Waals surface area contributed by atoms with Gasteiger partial charge in [0, 0.05) is 0 Å². The highest BCUT2D eigenvalue weighted by molar-refractivity contribution is 7.94. The summed E-state index contributed by atoms with van der Waals surface area (Å²) in [5.41, 5.74) is 0.706. The summed E-state index contributed by atoms with van der Waals surface area (Å²) in [7, 11) is -4.11. The second kappa shape index (κ2) is 9.87. The van der Waals surface area contributed by atoms with Crippen LogP contribution in [0.5, 0.6) is 0 Å². The van der Waals surface area contributed by atoms with Crippen LogP contribution in [0.4, 0.5) is 9.59 Å². The maximum atomic E-state index is 13.1. The minimum absolute atomic E-state index is 0.0736. The number of hydrogen-bond donors (Lipinski definition) is 1. The monoisotopic (exact) mass is 498 g/mol. The molecule has 0 saturated carbocycles. The zero-order chi connectivity index (χ0) is 25.1. The highest BCUT2D eigenvalue weighted by Crippen LogP contribution is 2.46. The highest BCUT2D eigenvalue weighted by Gasteiger charge is 2.72. The number of sulfone groups is 1. The lowest BCUT2D eigenvalue weighted by molar-refractivity contribution is -0.169. The van der Waals surface area contributed by atoms with Gasteiger partial charge in [-0.1, -0.05) is 37.3 Å². The number of nitrogens with one attached hydrogen (secondary N) is 1. The molecule has 1 aromatic carbocycles. The first kappa shape index (κ1) is 25.3. The van der Waals surface area contributed by atoms with Crippen LogP contribution in [-0.2, 0) is 45.0 Å². The van der Waals surface area contributed by atoms with Gasteiger partial charge in [0.05, 0.1) is 6.61 Å². The Kier molecular flexibility index (Phi) is 7.34. The Balaban J connectivity index is 1.63. The van der Waals surface area contributed by atoms with Gasteiger partial charge in [-0.05, 0) is 25.8 Å². The molecule has 2 saturated heterocycles. The third-order valence-electron chi connectivity index (χ3n) is 5.58. The summed E-state index contributed by atoms with van der Waals surface area (Å²) >= 11 is 0. The van der Waals surface area contributed by atoms with Gasteiger partial charge in [-0.25, -0.2) is 22.8 Å². The molecule has 2 aliphatic heterocycles. The van der Waals surface area contributed by atoms with Crippen LogP contribution in [0, 0.1) is 0 Å². The molecule has 0 aromatic heterocycles. The highest BCUT2D eigenvalue weighted by atomic mass is 32.2. The molecule has 0 aliphatic carbocycles. The van der Waals surface area contributed by atoms with Crippen molar-refractivity contribution in [2.24, 2.45) is 0 Å². The van der Waals surface area contributed by atoms with E-state index in [1.165, 1.54) is 13.8 Å². The third kappa shape index (κ3) is 4.65. The van der Waals surface area contributed by atoms with Crippen molar-refractivity contribution in [3.8, 4) is 0 Å². The molecule has 12 nitrogen and oxygen atoms in total. The van der Waals surface area contributed by atoms with E-state index in [-0.39, 0.29) is 13.2 Å². The number of alkyl carbamates (subject to hydrolysis) is 1. The molecule has 0 bridgehead atoms. The minimum atomic E-state index is -4.11. The first-order chi connectivity index (χ1) is 16.0. The number of fused-ring (bicyclic) bond motifs is 1. The van der Waals surface area contributed by atoms with E-state index in [9.17, 15) is 27.6 Å². The number of carbonyl (C=O) groups excluding carboxylic acids is 4. The second-order valence-corrected chi connectivity index (χ2v) is 10.8. The Bertz CT molecular complexity index is 1060. The van der Waals surface area contributed by atoms with E-state index in [1.807, 2.05) is 0 Å². The molecule has 3 rings (SSSR count). The van der Waals surface area contributed by atoms with Crippen molar-refractivity contribution in [1.82, 2.24) is 10.2 Å². The van der Waals surface area contributed by atoms with Crippen molar-refractivity contribution >= 4 is 34.0 Å². The van der Waals surface area contributed by atoms with Gasteiger partial charge in [0.1, 0.15) is 23.4 Å². The van der Waals surface area contributed by atoms with E-state index in [0.717, 1.165) is 4.90 Å². The van der Waals surface area contributed by atoms with Crippen LogP contribution in [0.2, 0.25) is 0 Å². The summed E-state index contributed by atoms with van der Waals surface area (Å²) in [5, 5.41) is 0.803. The molecule has 2 amide bonds. The lowest BCUT2D eigenvalue weighted by atomic mass is 9.96. The van der Waals surface area contributed by atoms with Crippen molar-refractivity contribution in [2.75, 3.05) is 13.4 Å². The summed E-state index contributed by atoms with van der Waals surface area (Å²) in [5.74, 6) is -1.85. The van der Waals surface area contributed by atoms with Gasteiger partial charge < -0.3 is 29.2 Å². The molecule has 2 heterocycles. The molecular formula is C21H26N2O10S. The largest absolute Gasteiger partial charge is 0.511 e. The Morgan fingerprint density at radius 2 is 1.74 bits per heavy atom. The molecule has 3 atom stereocenters. The zero-order valence-electron chi connectivity index (χ0n) is 18.9. The maximum absolute atomic E-state index is 13.1. The zero-order valence-corrected chi connectivity index (χ0v) is 19.7. The summed E-state index contributed by atoms with van der Waals surface area (Å²) < 4.78 is 43.7. The van der Waals surface area contributed by atoms with Gasteiger partial charge in [-0.15, -0.1) is 0 Å². The van der Waals surface area contributed by atoms with Crippen LogP contribution in [0.25, 0.3) is 0 Å². The topological polar surface area (TPSA) is 155 Å². The summed E-state index contributed by atoms with van der Waals surface area (Å²) in [4.78, 5) is 49.7. The van der Waals surface area contributed by atoms with Gasteiger partial charge in [-0.3, -0.25) is 4.79 Å². The lowest BCUT2D eigenvalue weighted by Crippen LogP contribution is -2.72. The average molecular weight is 499 g/mol. The predicted molar refractivity (Wildman–Crippen MR) is 115 cm³/mol. The molecule has 0 spiro atoms. The van der Waals surface area contributed by atoms with E-state index in [0.29, 0.717) is 12.0 Å². The number of β-lactam (4-membered cyclic amide) rings is 1. The Morgan fingerprint density at radius 3 is 2.38 bits per heavy atom. The third-order valence-corrected chi connectivity index (χ3v) is 8.40. The molecule has 0 unspecified atom stereocenters. The Labute approximate surface area is 196 Å². The molecule has 2 fully saturated rings. The fourth-order valence-corrected chi connectivity index (χ4v) is 5.97. The van der Waals surface area contributed by atoms with Crippen LogP contribution in [0.1, 0.15) is 32.8 Å². The molecule has 0 radical (unpaired) electrons. The fourth-order valence-electron chi connectivity index (χ4n) is 3.75. The standard InChI is InChI=1S/C21H26N2O10S/c1-4-10-30-20(27)33-12-32-18(25)15-21(2,3)34(28,29)17-14(16(24)23(15)17)22-19(26)31-11-13-8-6-5-7-9-13/h5-9,14-15,17H,4,10-12H2,1-3H3,(H,22,26)/t14-,15+,17-/m1/s1. The number of nitrogens with zero attached hydrogens (tertiary/aromatic N) is 1. The minimum Gasteiger partial charge on any atom is -0.445 e. The van der Waals surface area contributed by atoms with Gasteiger partial charge in [0.25, 0.3) is 0 Å². The number of amides is 2. The van der Waals surface area contributed by atoms with E-state index in [1.54, 1.807) is 37.3 Å². The van der Waals surface area contributed by atoms with Gasteiger partial charge in [0.15, 0.2) is 15.2 Å². The van der Waals surface area contributed by atoms with Gasteiger partial charge in [0.2, 0.25) is 12.7 Å². The van der Waals surface area contributed by atoms with Crippen molar-refractivity contribution < 1.29 is 46.5 Å². The van der Waals surface area contributed by atoms with E-state index in [4.69, 9.17) is 9.47 Å². The molecule has 13 heteroatoms. The maximum Gasteiger partial charge on any atom is 0.511 e. The number of esters is 1. The normalized spacial score (nSPS) is 23.8. The Morgan fingerprint density at radius 1 is 1.06 bits per heavy atom. The number of rotatable bonds is 8. The quantitative estimate of drug-likeness (QED) is 0.238. The number of carbonyl (C=O) groups is 4. The Hall–Kier alpha value is -3.35. The first-order valence-electron chi connectivity index (χ1n) is 10.5. The smallest absolute Gasteiger partial charge is 0.445 e. The molecule has 34 heavy (non-hydrogen) atoms. The molecular weight excluding hydrogens is 472 g/mol. The number of hydrogen-bond acceptors (Lipinski definition) is 10. The van der Waals surface area contributed by atoms with Crippen molar-refractivity contribution in [2.45, 2.75) is 56.0 Å². The van der Waals surface area contributed by atoms with Crippen LogP contribution < -0.4 is 5.32 Å². The summed E-state index contributed by atoms with van der Waals surface area (Å²) in [6.45, 7) is 3.57. The lowest BCUT2D eigenvalue weighted by Gasteiger charge is -2.42. The van der Waals surface area contributed by atoms with Crippen LogP contribution >= 0.6 is 0 Å². The predicted octanol–water partition coefficient (Wildman–Crippen LogP) is 1.09. The second-order valence-electron chi connectivity index (χ2n) is 8.19. The van der Waals surface area contributed by atoms with E-state index in [2.05, 4.69) is 14.8 Å². The number of ether oxygens (including phenoxy) is 4. The van der Waals surface area contributed by atoms with Crippen LogP contribution in [-0.4, -0.2) is 73.0 Å².